The second-order valence-electron chi connectivity index (χ2n) is 1.35. The zero-order chi connectivity index (χ0) is 5.86. The van der Waals surface area contributed by atoms with Crippen molar-refractivity contribution in [2.24, 2.45) is 5.73 Å². The first-order valence-electron chi connectivity index (χ1n) is 2.19. The lowest BCUT2D eigenvalue weighted by Crippen LogP contribution is -2.32. The quantitative estimate of drug-likeness (QED) is 0.426. The molecule has 0 radical (unpaired) electrons. The predicted octanol–water partition coefficient (Wildman–Crippen LogP) is -1.33. The fraction of sp³-hybridized carbons (Fsp3) is 0.667. The molecule has 0 saturated heterocycles. The third kappa shape index (κ3) is 2.22. The Kier molecular flexibility index (Phi) is 2.43. The van der Waals surface area contributed by atoms with Crippen molar-refractivity contribution in [1.82, 2.24) is 4.57 Å². The third-order valence-electron chi connectivity index (χ3n) is 0.851. The molecule has 7 heavy (non-hydrogen) atoms. The first kappa shape index (κ1) is 6.49. The van der Waals surface area contributed by atoms with Crippen molar-refractivity contribution in [3.8, 4) is 0 Å². The summed E-state index contributed by atoms with van der Waals surface area (Å²) in [5, 5.41) is 0. The molecule has 2 amide bonds. The Morgan fingerprint density at radius 1 is 2.00 bits per heavy atom. The van der Waals surface area contributed by atoms with Crippen molar-refractivity contribution in [2.75, 3.05) is 6.54 Å². The molecule has 4 heteroatoms. The number of amides is 2. The third-order valence-corrected chi connectivity index (χ3v) is 1.92. The average molecular weight is 118 g/mol. The maximum Gasteiger partial charge on any atom is 0.306 e. The monoisotopic (exact) mass is 118 g/mol. The minimum atomic E-state index is -0.311. The zero-order valence-electron chi connectivity index (χ0n) is 4.64. The minimum Gasteiger partial charge on any atom is -0.361 e. The average Bonchev–Trinajstić information content (AvgIpc) is 1.65. The second kappa shape index (κ2) is 2.63. The van der Waals surface area contributed by atoms with Crippen LogP contribution < -0.4 is 5.73 Å². The summed E-state index contributed by atoms with van der Waals surface area (Å²) >= 11 is 0. The fourth-order valence-electron chi connectivity index (χ4n) is 0.156. The number of urea groups is 1. The molecule has 0 aliphatic heterocycles. The van der Waals surface area contributed by atoms with Crippen molar-refractivity contribution >= 4 is 16.4 Å². The van der Waals surface area contributed by atoms with Gasteiger partial charge in [0, 0.05) is 6.54 Å². The van der Waals surface area contributed by atoms with E-state index in [4.69, 9.17) is 5.73 Å². The van der Waals surface area contributed by atoms with E-state index in [2.05, 4.69) is 0 Å². The molecule has 0 aliphatic rings. The SMILES string of the molecule is CCN([SiH3])C(N)=O. The van der Waals surface area contributed by atoms with Gasteiger partial charge < -0.3 is 10.3 Å². The topological polar surface area (TPSA) is 46.3 Å². The van der Waals surface area contributed by atoms with E-state index in [-0.39, 0.29) is 6.03 Å². The van der Waals surface area contributed by atoms with E-state index >= 15 is 0 Å². The molecule has 2 N–H and O–H groups in total. The number of hydrogen-bond acceptors (Lipinski definition) is 1. The molecular formula is C3H10N2OSi. The maximum absolute atomic E-state index is 10.1. The molecule has 0 rings (SSSR count). The Morgan fingerprint density at radius 2 is 2.43 bits per heavy atom. The van der Waals surface area contributed by atoms with Gasteiger partial charge in [-0.15, -0.1) is 0 Å². The van der Waals surface area contributed by atoms with E-state index in [9.17, 15) is 4.79 Å². The van der Waals surface area contributed by atoms with Gasteiger partial charge in [-0.3, -0.25) is 0 Å². The lowest BCUT2D eigenvalue weighted by atomic mass is 10.7. The van der Waals surface area contributed by atoms with Crippen LogP contribution in [0.4, 0.5) is 4.79 Å². The predicted molar refractivity (Wildman–Crippen MR) is 31.9 cm³/mol. The minimum absolute atomic E-state index is 0.311. The Bertz CT molecular complexity index is 75.3. The highest BCUT2D eigenvalue weighted by atomic mass is 28.2. The normalized spacial score (nSPS) is 8.71. The molecule has 0 aromatic heterocycles. The van der Waals surface area contributed by atoms with Crippen LogP contribution in [-0.4, -0.2) is 27.5 Å². The summed E-state index contributed by atoms with van der Waals surface area (Å²) in [4.78, 5) is 10.1. The van der Waals surface area contributed by atoms with Gasteiger partial charge in [-0.05, 0) is 6.92 Å². The van der Waals surface area contributed by atoms with Crippen molar-refractivity contribution in [1.29, 1.82) is 0 Å². The summed E-state index contributed by atoms with van der Waals surface area (Å²) in [6.45, 7) is 2.64. The van der Waals surface area contributed by atoms with Gasteiger partial charge in [0.15, 0.2) is 0 Å². The Labute approximate surface area is 46.0 Å². The molecule has 0 aromatic rings. The van der Waals surface area contributed by atoms with Crippen LogP contribution in [-0.2, 0) is 0 Å². The van der Waals surface area contributed by atoms with Gasteiger partial charge >= 0.3 is 6.03 Å². The van der Waals surface area contributed by atoms with Gasteiger partial charge in [0.25, 0.3) is 0 Å². The molecule has 0 saturated carbocycles. The highest BCUT2D eigenvalue weighted by Gasteiger charge is 1.94. The highest BCUT2D eigenvalue weighted by Crippen LogP contribution is 1.73. The molecule has 0 heterocycles. The van der Waals surface area contributed by atoms with Crippen LogP contribution in [0.3, 0.4) is 0 Å². The first-order valence-corrected chi connectivity index (χ1v) is 3.08. The van der Waals surface area contributed by atoms with Crippen LogP contribution >= 0.6 is 0 Å². The number of primary amides is 1. The summed E-state index contributed by atoms with van der Waals surface area (Å²) in [6.07, 6.45) is 0. The largest absolute Gasteiger partial charge is 0.361 e. The van der Waals surface area contributed by atoms with Gasteiger partial charge in [-0.2, -0.15) is 0 Å². The summed E-state index contributed by atoms with van der Waals surface area (Å²) in [7, 11) is 0.733. The number of nitrogens with zero attached hydrogens (tertiary/aromatic N) is 1. The van der Waals surface area contributed by atoms with Crippen molar-refractivity contribution in [2.45, 2.75) is 6.92 Å². The van der Waals surface area contributed by atoms with Crippen molar-refractivity contribution in [3.63, 3.8) is 0 Å². The molecule has 0 aliphatic carbocycles. The molecule has 0 fully saturated rings. The number of carbonyl (C=O) groups is 1. The molecule has 0 bridgehead atoms. The van der Waals surface area contributed by atoms with Crippen molar-refractivity contribution in [3.05, 3.63) is 0 Å². The maximum atomic E-state index is 10.1. The Morgan fingerprint density at radius 3 is 2.43 bits per heavy atom. The van der Waals surface area contributed by atoms with Crippen LogP contribution in [0.15, 0.2) is 0 Å². The molecule has 0 aromatic carbocycles. The number of carbonyl (C=O) groups excluding carboxylic acids is 1. The summed E-state index contributed by atoms with van der Waals surface area (Å²) in [5.74, 6) is 0. The summed E-state index contributed by atoms with van der Waals surface area (Å²) in [6, 6.07) is -0.311. The number of rotatable bonds is 1. The van der Waals surface area contributed by atoms with E-state index in [0.717, 1.165) is 16.9 Å². The Balaban J connectivity index is 3.34. The van der Waals surface area contributed by atoms with E-state index in [1.807, 2.05) is 6.92 Å². The molecule has 0 unspecified atom stereocenters. The molecule has 42 valence electrons. The molecule has 0 spiro atoms. The van der Waals surface area contributed by atoms with Crippen LogP contribution in [0.2, 0.25) is 0 Å². The van der Waals surface area contributed by atoms with Gasteiger partial charge in [0.1, 0.15) is 10.4 Å². The molecular weight excluding hydrogens is 108 g/mol. The smallest absolute Gasteiger partial charge is 0.306 e. The molecule has 0 atom stereocenters. The lowest BCUT2D eigenvalue weighted by Gasteiger charge is -2.09. The van der Waals surface area contributed by atoms with Gasteiger partial charge in [-0.1, -0.05) is 0 Å². The van der Waals surface area contributed by atoms with Crippen LogP contribution in [0.25, 0.3) is 0 Å². The van der Waals surface area contributed by atoms with Crippen LogP contribution in [0, 0.1) is 0 Å². The lowest BCUT2D eigenvalue weighted by molar-refractivity contribution is 0.234. The van der Waals surface area contributed by atoms with Crippen LogP contribution in [0.1, 0.15) is 6.92 Å². The number of nitrogens with two attached hydrogens (primary N) is 1. The summed E-state index contributed by atoms with van der Waals surface area (Å²) in [5.41, 5.74) is 4.87. The molecule has 3 nitrogen and oxygen atoms in total. The van der Waals surface area contributed by atoms with Crippen molar-refractivity contribution < 1.29 is 4.79 Å². The first-order chi connectivity index (χ1) is 3.18. The second-order valence-corrected chi connectivity index (χ2v) is 2.43. The van der Waals surface area contributed by atoms with E-state index in [1.165, 1.54) is 0 Å². The highest BCUT2D eigenvalue weighted by molar-refractivity contribution is 6.13. The van der Waals surface area contributed by atoms with Crippen LogP contribution in [0.5, 0.6) is 0 Å². The zero-order valence-corrected chi connectivity index (χ0v) is 6.64. The Hall–Kier alpha value is -0.513. The van der Waals surface area contributed by atoms with E-state index in [1.54, 1.807) is 4.57 Å². The van der Waals surface area contributed by atoms with Gasteiger partial charge in [-0.25, -0.2) is 4.79 Å². The standard InChI is InChI=1S/C3H10N2OSi/c1-2-5(7)3(4)6/h2H2,1,7H3,(H2,4,6). The van der Waals surface area contributed by atoms with Gasteiger partial charge in [0.05, 0.1) is 0 Å². The summed E-state index contributed by atoms with van der Waals surface area (Å²) < 4.78 is 1.57. The van der Waals surface area contributed by atoms with Gasteiger partial charge in [0.2, 0.25) is 0 Å². The van der Waals surface area contributed by atoms with E-state index in [0.29, 0.717) is 0 Å². The van der Waals surface area contributed by atoms with E-state index < -0.39 is 0 Å². The fourth-order valence-corrected chi connectivity index (χ4v) is 0.156. The number of hydrogen-bond donors (Lipinski definition) is 1.